The molecule has 3 rings (SSSR count). The first-order chi connectivity index (χ1) is 10.2. The molecule has 2 heterocycles. The van der Waals surface area contributed by atoms with Gasteiger partial charge in [0.25, 0.3) is 0 Å². The number of morpholine rings is 1. The SMILES string of the molecule is Cc1ccc(-c2cc(NC(=O)N3CCOCC3)no2)cc1. The molecule has 2 amide bonds. The molecule has 0 spiro atoms. The van der Waals surface area contributed by atoms with Crippen molar-refractivity contribution in [1.82, 2.24) is 10.1 Å². The second-order valence-electron chi connectivity index (χ2n) is 4.97. The highest BCUT2D eigenvalue weighted by atomic mass is 16.5. The fourth-order valence-corrected chi connectivity index (χ4v) is 2.14. The molecule has 1 N–H and O–H groups in total. The maximum atomic E-state index is 12.0. The Morgan fingerprint density at radius 3 is 2.67 bits per heavy atom. The van der Waals surface area contributed by atoms with Crippen molar-refractivity contribution in [3.63, 3.8) is 0 Å². The average Bonchev–Trinajstić information content (AvgIpc) is 2.97. The van der Waals surface area contributed by atoms with Crippen LogP contribution in [0.1, 0.15) is 5.56 Å². The number of nitrogens with one attached hydrogen (secondary N) is 1. The van der Waals surface area contributed by atoms with Gasteiger partial charge in [-0.25, -0.2) is 4.79 Å². The number of anilines is 1. The summed E-state index contributed by atoms with van der Waals surface area (Å²) >= 11 is 0. The summed E-state index contributed by atoms with van der Waals surface area (Å²) in [4.78, 5) is 13.7. The number of ether oxygens (including phenoxy) is 1. The molecular formula is C15H17N3O3. The van der Waals surface area contributed by atoms with Gasteiger partial charge in [0.1, 0.15) is 0 Å². The van der Waals surface area contributed by atoms with E-state index < -0.39 is 0 Å². The predicted octanol–water partition coefficient (Wildman–Crippen LogP) is 2.51. The molecule has 1 aromatic heterocycles. The Balaban J connectivity index is 1.67. The van der Waals surface area contributed by atoms with E-state index in [0.717, 1.165) is 5.56 Å². The Morgan fingerprint density at radius 2 is 1.95 bits per heavy atom. The minimum Gasteiger partial charge on any atom is -0.378 e. The number of carbonyl (C=O) groups excluding carboxylic acids is 1. The molecule has 2 aromatic rings. The number of hydrogen-bond donors (Lipinski definition) is 1. The van der Waals surface area contributed by atoms with Gasteiger partial charge in [-0.05, 0) is 6.92 Å². The highest BCUT2D eigenvalue weighted by molar-refractivity contribution is 5.88. The van der Waals surface area contributed by atoms with Gasteiger partial charge < -0.3 is 14.2 Å². The van der Waals surface area contributed by atoms with Gasteiger partial charge in [-0.1, -0.05) is 35.0 Å². The summed E-state index contributed by atoms with van der Waals surface area (Å²) in [6.45, 7) is 4.35. The van der Waals surface area contributed by atoms with E-state index in [2.05, 4.69) is 10.5 Å². The molecule has 1 fully saturated rings. The molecule has 0 atom stereocenters. The molecule has 6 heteroatoms. The number of rotatable bonds is 2. The maximum Gasteiger partial charge on any atom is 0.323 e. The minimum absolute atomic E-state index is 0.179. The van der Waals surface area contributed by atoms with Crippen molar-refractivity contribution in [2.24, 2.45) is 0 Å². The lowest BCUT2D eigenvalue weighted by atomic mass is 10.1. The zero-order valence-corrected chi connectivity index (χ0v) is 11.8. The zero-order chi connectivity index (χ0) is 14.7. The fraction of sp³-hybridized carbons (Fsp3) is 0.333. The molecule has 0 aliphatic carbocycles. The summed E-state index contributed by atoms with van der Waals surface area (Å²) in [5.41, 5.74) is 2.11. The van der Waals surface area contributed by atoms with E-state index in [-0.39, 0.29) is 6.03 Å². The van der Waals surface area contributed by atoms with Crippen LogP contribution in [-0.2, 0) is 4.74 Å². The Bertz CT molecular complexity index is 615. The number of nitrogens with zero attached hydrogens (tertiary/aromatic N) is 2. The van der Waals surface area contributed by atoms with Gasteiger partial charge in [-0.2, -0.15) is 0 Å². The Kier molecular flexibility index (Phi) is 3.87. The van der Waals surface area contributed by atoms with Gasteiger partial charge in [0.15, 0.2) is 11.6 Å². The molecule has 1 aliphatic rings. The summed E-state index contributed by atoms with van der Waals surface area (Å²) in [5.74, 6) is 1.05. The van der Waals surface area contributed by atoms with Crippen LogP contribution in [0.5, 0.6) is 0 Å². The number of aryl methyl sites for hydroxylation is 1. The third-order valence-electron chi connectivity index (χ3n) is 3.38. The number of benzene rings is 1. The number of aromatic nitrogens is 1. The Hall–Kier alpha value is -2.34. The van der Waals surface area contributed by atoms with E-state index in [9.17, 15) is 4.79 Å². The fourth-order valence-electron chi connectivity index (χ4n) is 2.14. The second kappa shape index (κ2) is 5.97. The van der Waals surface area contributed by atoms with Gasteiger partial charge in [0, 0.05) is 24.7 Å². The van der Waals surface area contributed by atoms with Crippen molar-refractivity contribution >= 4 is 11.8 Å². The summed E-state index contributed by atoms with van der Waals surface area (Å²) in [6.07, 6.45) is 0. The maximum absolute atomic E-state index is 12.0. The first-order valence-corrected chi connectivity index (χ1v) is 6.90. The van der Waals surface area contributed by atoms with Crippen LogP contribution in [0.15, 0.2) is 34.9 Å². The van der Waals surface area contributed by atoms with E-state index in [4.69, 9.17) is 9.26 Å². The van der Waals surface area contributed by atoms with Crippen LogP contribution in [0, 0.1) is 6.92 Å². The molecule has 1 saturated heterocycles. The third kappa shape index (κ3) is 3.22. The van der Waals surface area contributed by atoms with Crippen LogP contribution < -0.4 is 5.32 Å². The minimum atomic E-state index is -0.179. The molecular weight excluding hydrogens is 270 g/mol. The van der Waals surface area contributed by atoms with Crippen molar-refractivity contribution in [3.05, 3.63) is 35.9 Å². The van der Waals surface area contributed by atoms with E-state index >= 15 is 0 Å². The average molecular weight is 287 g/mol. The van der Waals surface area contributed by atoms with Crippen molar-refractivity contribution < 1.29 is 14.1 Å². The number of amides is 2. The largest absolute Gasteiger partial charge is 0.378 e. The van der Waals surface area contributed by atoms with Crippen molar-refractivity contribution in [2.45, 2.75) is 6.92 Å². The summed E-state index contributed by atoms with van der Waals surface area (Å²) in [7, 11) is 0. The topological polar surface area (TPSA) is 67.6 Å². The molecule has 0 radical (unpaired) electrons. The Labute approximate surface area is 122 Å². The van der Waals surface area contributed by atoms with E-state index in [1.807, 2.05) is 31.2 Å². The molecule has 0 unspecified atom stereocenters. The van der Waals surface area contributed by atoms with Crippen molar-refractivity contribution in [3.8, 4) is 11.3 Å². The van der Waals surface area contributed by atoms with Crippen LogP contribution in [0.2, 0.25) is 0 Å². The number of carbonyl (C=O) groups is 1. The van der Waals surface area contributed by atoms with Crippen LogP contribution in [0.3, 0.4) is 0 Å². The first kappa shape index (κ1) is 13.6. The number of urea groups is 1. The van der Waals surface area contributed by atoms with Gasteiger partial charge in [-0.15, -0.1) is 0 Å². The van der Waals surface area contributed by atoms with Crippen LogP contribution >= 0.6 is 0 Å². The van der Waals surface area contributed by atoms with Gasteiger partial charge in [-0.3, -0.25) is 5.32 Å². The standard InChI is InChI=1S/C15H17N3O3/c1-11-2-4-12(5-3-11)13-10-14(17-21-13)16-15(19)18-6-8-20-9-7-18/h2-5,10H,6-9H2,1H3,(H,16,17,19). The van der Waals surface area contributed by atoms with Gasteiger partial charge >= 0.3 is 6.03 Å². The molecule has 0 saturated carbocycles. The normalized spacial score (nSPS) is 15.0. The second-order valence-corrected chi connectivity index (χ2v) is 4.97. The quantitative estimate of drug-likeness (QED) is 0.921. The molecule has 1 aliphatic heterocycles. The van der Waals surface area contributed by atoms with Crippen LogP contribution in [0.4, 0.5) is 10.6 Å². The molecule has 21 heavy (non-hydrogen) atoms. The van der Waals surface area contributed by atoms with E-state index in [1.165, 1.54) is 5.56 Å². The lowest BCUT2D eigenvalue weighted by Gasteiger charge is -2.26. The van der Waals surface area contributed by atoms with E-state index in [0.29, 0.717) is 37.9 Å². The Morgan fingerprint density at radius 1 is 1.24 bits per heavy atom. The van der Waals surface area contributed by atoms with E-state index in [1.54, 1.807) is 11.0 Å². The van der Waals surface area contributed by atoms with Gasteiger partial charge in [0.2, 0.25) is 0 Å². The van der Waals surface area contributed by atoms with Crippen molar-refractivity contribution in [1.29, 1.82) is 0 Å². The molecule has 6 nitrogen and oxygen atoms in total. The van der Waals surface area contributed by atoms with Crippen LogP contribution in [-0.4, -0.2) is 42.4 Å². The molecule has 1 aromatic carbocycles. The zero-order valence-electron chi connectivity index (χ0n) is 11.8. The lowest BCUT2D eigenvalue weighted by Crippen LogP contribution is -2.43. The first-order valence-electron chi connectivity index (χ1n) is 6.90. The smallest absolute Gasteiger partial charge is 0.323 e. The summed E-state index contributed by atoms with van der Waals surface area (Å²) in [5, 5.41) is 6.62. The van der Waals surface area contributed by atoms with Crippen LogP contribution in [0.25, 0.3) is 11.3 Å². The molecule has 0 bridgehead atoms. The van der Waals surface area contributed by atoms with Crippen molar-refractivity contribution in [2.75, 3.05) is 31.6 Å². The molecule has 110 valence electrons. The van der Waals surface area contributed by atoms with Gasteiger partial charge in [0.05, 0.1) is 13.2 Å². The monoisotopic (exact) mass is 287 g/mol. The highest BCUT2D eigenvalue weighted by Gasteiger charge is 2.18. The summed E-state index contributed by atoms with van der Waals surface area (Å²) < 4.78 is 10.5. The third-order valence-corrected chi connectivity index (χ3v) is 3.38. The highest BCUT2D eigenvalue weighted by Crippen LogP contribution is 2.22. The lowest BCUT2D eigenvalue weighted by molar-refractivity contribution is 0.0564. The predicted molar refractivity (Wildman–Crippen MR) is 78.1 cm³/mol. The summed E-state index contributed by atoms with van der Waals surface area (Å²) in [6, 6.07) is 9.48. The number of hydrogen-bond acceptors (Lipinski definition) is 4.